The minimum atomic E-state index is -1.03. The standard InChI is InChI=1S/C16H11F4N3O/c1-7(21)15-22-14-12(5-10(19)6-13(14)20)16(24)23(15)11-3-8(17)2-9(18)4-11/h2-7H,21H2,1H3. The van der Waals surface area contributed by atoms with Crippen LogP contribution in [0.15, 0.2) is 35.1 Å². The van der Waals surface area contributed by atoms with Crippen molar-refractivity contribution >= 4 is 10.9 Å². The van der Waals surface area contributed by atoms with Crippen molar-refractivity contribution in [3.8, 4) is 5.69 Å². The van der Waals surface area contributed by atoms with E-state index in [0.29, 0.717) is 12.1 Å². The second-order valence-electron chi connectivity index (χ2n) is 5.31. The first-order valence-corrected chi connectivity index (χ1v) is 6.91. The monoisotopic (exact) mass is 337 g/mol. The lowest BCUT2D eigenvalue weighted by atomic mass is 10.2. The zero-order chi connectivity index (χ0) is 17.6. The molecule has 0 saturated carbocycles. The third-order valence-corrected chi connectivity index (χ3v) is 3.43. The van der Waals surface area contributed by atoms with Gasteiger partial charge in [0.15, 0.2) is 5.82 Å². The Morgan fingerprint density at radius 1 is 1.00 bits per heavy atom. The molecule has 0 aliphatic carbocycles. The molecule has 3 rings (SSSR count). The topological polar surface area (TPSA) is 60.9 Å². The number of rotatable bonds is 2. The first kappa shape index (κ1) is 16.1. The average molecular weight is 337 g/mol. The van der Waals surface area contributed by atoms with Crippen LogP contribution in [-0.2, 0) is 0 Å². The molecule has 2 aromatic carbocycles. The van der Waals surface area contributed by atoms with E-state index in [1.807, 2.05) is 0 Å². The van der Waals surface area contributed by atoms with Crippen LogP contribution in [-0.4, -0.2) is 9.55 Å². The Morgan fingerprint density at radius 3 is 2.17 bits per heavy atom. The van der Waals surface area contributed by atoms with Gasteiger partial charge in [-0.2, -0.15) is 0 Å². The van der Waals surface area contributed by atoms with E-state index < -0.39 is 34.9 Å². The van der Waals surface area contributed by atoms with Crippen LogP contribution >= 0.6 is 0 Å². The van der Waals surface area contributed by atoms with E-state index >= 15 is 0 Å². The third kappa shape index (κ3) is 2.65. The molecule has 8 heteroatoms. The maximum Gasteiger partial charge on any atom is 0.266 e. The quantitative estimate of drug-likeness (QED) is 0.732. The van der Waals surface area contributed by atoms with Crippen molar-refractivity contribution in [3.05, 3.63) is 69.8 Å². The molecule has 0 radical (unpaired) electrons. The van der Waals surface area contributed by atoms with Crippen molar-refractivity contribution in [1.29, 1.82) is 0 Å². The van der Waals surface area contributed by atoms with E-state index in [1.54, 1.807) is 0 Å². The summed E-state index contributed by atoms with van der Waals surface area (Å²) in [5.74, 6) is -3.94. The van der Waals surface area contributed by atoms with Gasteiger partial charge < -0.3 is 5.73 Å². The van der Waals surface area contributed by atoms with Crippen molar-refractivity contribution in [2.75, 3.05) is 0 Å². The van der Waals surface area contributed by atoms with Crippen molar-refractivity contribution in [1.82, 2.24) is 9.55 Å². The van der Waals surface area contributed by atoms with E-state index in [9.17, 15) is 22.4 Å². The molecule has 1 heterocycles. The molecule has 4 nitrogen and oxygen atoms in total. The van der Waals surface area contributed by atoms with Crippen LogP contribution in [0.25, 0.3) is 16.6 Å². The molecular weight excluding hydrogens is 326 g/mol. The molecule has 24 heavy (non-hydrogen) atoms. The van der Waals surface area contributed by atoms with Gasteiger partial charge in [0.2, 0.25) is 0 Å². The summed E-state index contributed by atoms with van der Waals surface area (Å²) in [5, 5.41) is -0.360. The van der Waals surface area contributed by atoms with Gasteiger partial charge in [-0.05, 0) is 25.1 Å². The zero-order valence-corrected chi connectivity index (χ0v) is 12.4. The predicted octanol–water partition coefficient (Wildman–Crippen LogP) is 2.96. The smallest absolute Gasteiger partial charge is 0.266 e. The van der Waals surface area contributed by atoms with Gasteiger partial charge in [0, 0.05) is 12.1 Å². The van der Waals surface area contributed by atoms with Crippen LogP contribution in [0.2, 0.25) is 0 Å². The normalized spacial score (nSPS) is 12.6. The fraction of sp³-hybridized carbons (Fsp3) is 0.125. The summed E-state index contributed by atoms with van der Waals surface area (Å²) in [7, 11) is 0. The van der Waals surface area contributed by atoms with Crippen LogP contribution in [0.1, 0.15) is 18.8 Å². The lowest BCUT2D eigenvalue weighted by molar-refractivity contribution is 0.577. The van der Waals surface area contributed by atoms with Gasteiger partial charge in [0.05, 0.1) is 17.1 Å². The Balaban J connectivity index is 2.48. The molecule has 0 fully saturated rings. The summed E-state index contributed by atoms with van der Waals surface area (Å²) in [5.41, 5.74) is 4.35. The number of benzene rings is 2. The van der Waals surface area contributed by atoms with Gasteiger partial charge in [-0.3, -0.25) is 9.36 Å². The first-order chi connectivity index (χ1) is 11.3. The van der Waals surface area contributed by atoms with E-state index in [1.165, 1.54) is 6.92 Å². The Bertz CT molecular complexity index is 994. The van der Waals surface area contributed by atoms with Gasteiger partial charge in [-0.15, -0.1) is 0 Å². The molecule has 0 amide bonds. The number of hydrogen-bond donors (Lipinski definition) is 1. The number of nitrogens with two attached hydrogens (primary N) is 1. The summed E-state index contributed by atoms with van der Waals surface area (Å²) < 4.78 is 55.2. The van der Waals surface area contributed by atoms with Crippen LogP contribution in [0.5, 0.6) is 0 Å². The predicted molar refractivity (Wildman–Crippen MR) is 79.8 cm³/mol. The summed E-state index contributed by atoms with van der Waals surface area (Å²) in [4.78, 5) is 16.6. The highest BCUT2D eigenvalue weighted by molar-refractivity contribution is 5.78. The highest BCUT2D eigenvalue weighted by Crippen LogP contribution is 2.21. The second-order valence-corrected chi connectivity index (χ2v) is 5.31. The fourth-order valence-corrected chi connectivity index (χ4v) is 2.46. The minimum Gasteiger partial charge on any atom is -0.322 e. The average Bonchev–Trinajstić information content (AvgIpc) is 2.46. The highest BCUT2D eigenvalue weighted by Gasteiger charge is 2.19. The number of fused-ring (bicyclic) bond motifs is 1. The number of hydrogen-bond acceptors (Lipinski definition) is 3. The van der Waals surface area contributed by atoms with Crippen LogP contribution in [0, 0.1) is 23.3 Å². The molecule has 0 saturated heterocycles. The lowest BCUT2D eigenvalue weighted by Crippen LogP contribution is -2.28. The van der Waals surface area contributed by atoms with Crippen LogP contribution in [0.4, 0.5) is 17.6 Å². The first-order valence-electron chi connectivity index (χ1n) is 6.91. The van der Waals surface area contributed by atoms with Crippen molar-refractivity contribution in [2.24, 2.45) is 5.73 Å². The fourth-order valence-electron chi connectivity index (χ4n) is 2.46. The molecule has 1 unspecified atom stereocenters. The third-order valence-electron chi connectivity index (χ3n) is 3.43. The Morgan fingerprint density at radius 2 is 1.58 bits per heavy atom. The zero-order valence-electron chi connectivity index (χ0n) is 12.4. The molecule has 0 spiro atoms. The molecule has 3 aromatic rings. The summed E-state index contributed by atoms with van der Waals surface area (Å²) >= 11 is 0. The van der Waals surface area contributed by atoms with E-state index in [0.717, 1.165) is 22.8 Å². The van der Waals surface area contributed by atoms with Gasteiger partial charge in [-0.25, -0.2) is 22.5 Å². The minimum absolute atomic E-state index is 0.108. The van der Waals surface area contributed by atoms with Gasteiger partial charge in [-0.1, -0.05) is 0 Å². The van der Waals surface area contributed by atoms with Gasteiger partial charge in [0.1, 0.15) is 28.8 Å². The molecule has 0 aliphatic heterocycles. The molecular formula is C16H11F4N3O. The van der Waals surface area contributed by atoms with E-state index in [4.69, 9.17) is 5.73 Å². The molecule has 124 valence electrons. The maximum absolute atomic E-state index is 13.9. The van der Waals surface area contributed by atoms with Crippen molar-refractivity contribution in [3.63, 3.8) is 0 Å². The van der Waals surface area contributed by atoms with Gasteiger partial charge in [0.25, 0.3) is 5.56 Å². The Kier molecular flexibility index (Phi) is 3.84. The Labute approximate surface area is 133 Å². The van der Waals surface area contributed by atoms with Gasteiger partial charge >= 0.3 is 0 Å². The molecule has 1 aromatic heterocycles. The number of aromatic nitrogens is 2. The van der Waals surface area contributed by atoms with Crippen LogP contribution in [0.3, 0.4) is 0 Å². The van der Waals surface area contributed by atoms with Crippen molar-refractivity contribution in [2.45, 2.75) is 13.0 Å². The summed E-state index contributed by atoms with van der Waals surface area (Å²) in [6.07, 6.45) is 0. The summed E-state index contributed by atoms with van der Waals surface area (Å²) in [6.45, 7) is 1.47. The molecule has 1 atom stereocenters. The maximum atomic E-state index is 13.9. The second kappa shape index (κ2) is 5.72. The Hall–Kier alpha value is -2.74. The lowest BCUT2D eigenvalue weighted by Gasteiger charge is -2.16. The molecule has 0 aliphatic rings. The molecule has 0 bridgehead atoms. The van der Waals surface area contributed by atoms with E-state index in [-0.39, 0.29) is 22.4 Å². The van der Waals surface area contributed by atoms with Crippen molar-refractivity contribution < 1.29 is 17.6 Å². The molecule has 2 N–H and O–H groups in total. The van der Waals surface area contributed by atoms with Crippen LogP contribution < -0.4 is 11.3 Å². The number of nitrogens with zero attached hydrogens (tertiary/aromatic N) is 2. The SMILES string of the molecule is CC(N)c1nc2c(F)cc(F)cc2c(=O)n1-c1cc(F)cc(F)c1. The largest absolute Gasteiger partial charge is 0.322 e. The summed E-state index contributed by atoms with van der Waals surface area (Å²) in [6, 6.07) is 2.99. The van der Waals surface area contributed by atoms with E-state index in [2.05, 4.69) is 4.98 Å². The number of halogens is 4. The highest BCUT2D eigenvalue weighted by atomic mass is 19.1.